The molecule has 1 saturated heterocycles. The first-order chi connectivity index (χ1) is 8.60. The Hall–Kier alpha value is -1.33. The van der Waals surface area contributed by atoms with E-state index in [0.29, 0.717) is 23.8 Å². The second-order valence-corrected chi connectivity index (χ2v) is 5.04. The zero-order chi connectivity index (χ0) is 13.1. The second-order valence-electron chi connectivity index (χ2n) is 5.04. The van der Waals surface area contributed by atoms with Gasteiger partial charge in [-0.05, 0) is 18.4 Å². The molecule has 2 unspecified atom stereocenters. The van der Waals surface area contributed by atoms with E-state index in [1.54, 1.807) is 6.07 Å². The summed E-state index contributed by atoms with van der Waals surface area (Å²) in [6, 6.07) is 1.85. The molecule has 1 aromatic heterocycles. The molecule has 1 aromatic rings. The van der Waals surface area contributed by atoms with Gasteiger partial charge >= 0.3 is 5.97 Å². The summed E-state index contributed by atoms with van der Waals surface area (Å²) < 4.78 is 10.1. The highest BCUT2D eigenvalue weighted by atomic mass is 16.5. The van der Waals surface area contributed by atoms with Crippen LogP contribution < -0.4 is 5.73 Å². The summed E-state index contributed by atoms with van der Waals surface area (Å²) in [5, 5.41) is 0. The Labute approximate surface area is 107 Å². The third-order valence-electron chi connectivity index (χ3n) is 3.29. The normalized spacial score (nSPS) is 25.1. The molecule has 1 aliphatic heterocycles. The molecule has 2 rings (SSSR count). The molecule has 1 aliphatic rings. The molecule has 0 radical (unpaired) electrons. The van der Waals surface area contributed by atoms with Crippen molar-refractivity contribution in [2.75, 3.05) is 20.2 Å². The maximum Gasteiger partial charge on any atom is 0.341 e. The first-order valence-corrected chi connectivity index (χ1v) is 6.22. The number of rotatable bonds is 3. The standard InChI is InChI=1S/C13H20N2O3/c1-9-5-10(14)7-15(6-9)8-12-11(3-4-18-12)13(16)17-2/h3-4,9-10H,5-8,14H2,1-2H3. The van der Waals surface area contributed by atoms with Gasteiger partial charge in [-0.2, -0.15) is 0 Å². The van der Waals surface area contributed by atoms with Gasteiger partial charge in [0.2, 0.25) is 0 Å². The van der Waals surface area contributed by atoms with Crippen LogP contribution in [0.2, 0.25) is 0 Å². The minimum absolute atomic E-state index is 0.199. The summed E-state index contributed by atoms with van der Waals surface area (Å²) >= 11 is 0. The Morgan fingerprint density at radius 1 is 1.61 bits per heavy atom. The first kappa shape index (κ1) is 13.1. The maximum atomic E-state index is 11.5. The van der Waals surface area contributed by atoms with Crippen LogP contribution in [-0.4, -0.2) is 37.1 Å². The molecule has 2 heterocycles. The number of carbonyl (C=O) groups excluding carboxylic acids is 1. The molecule has 5 nitrogen and oxygen atoms in total. The van der Waals surface area contributed by atoms with E-state index < -0.39 is 0 Å². The van der Waals surface area contributed by atoms with E-state index in [2.05, 4.69) is 11.8 Å². The largest absolute Gasteiger partial charge is 0.467 e. The van der Waals surface area contributed by atoms with E-state index in [0.717, 1.165) is 19.5 Å². The number of methoxy groups -OCH3 is 1. The smallest absolute Gasteiger partial charge is 0.341 e. The number of ether oxygens (including phenoxy) is 1. The van der Waals surface area contributed by atoms with E-state index in [-0.39, 0.29) is 12.0 Å². The Morgan fingerprint density at radius 3 is 3.06 bits per heavy atom. The third kappa shape index (κ3) is 2.91. The van der Waals surface area contributed by atoms with Crippen LogP contribution in [0, 0.1) is 5.92 Å². The van der Waals surface area contributed by atoms with Crippen molar-refractivity contribution in [2.24, 2.45) is 11.7 Å². The lowest BCUT2D eigenvalue weighted by atomic mass is 9.96. The molecule has 2 N–H and O–H groups in total. The van der Waals surface area contributed by atoms with Crippen LogP contribution in [0.5, 0.6) is 0 Å². The predicted molar refractivity (Wildman–Crippen MR) is 67.1 cm³/mol. The van der Waals surface area contributed by atoms with Crippen LogP contribution in [0.1, 0.15) is 29.5 Å². The Bertz CT molecular complexity index is 406. The minimum Gasteiger partial charge on any atom is -0.467 e. The fourth-order valence-electron chi connectivity index (χ4n) is 2.60. The van der Waals surface area contributed by atoms with E-state index in [9.17, 15) is 4.79 Å². The van der Waals surface area contributed by atoms with Crippen LogP contribution in [0.25, 0.3) is 0 Å². The van der Waals surface area contributed by atoms with Gasteiger partial charge in [0.05, 0.1) is 19.9 Å². The average molecular weight is 252 g/mol. The SMILES string of the molecule is COC(=O)c1ccoc1CN1CC(C)CC(N)C1. The Morgan fingerprint density at radius 2 is 2.39 bits per heavy atom. The molecule has 0 aliphatic carbocycles. The number of nitrogens with zero attached hydrogens (tertiary/aromatic N) is 1. The molecule has 0 spiro atoms. The summed E-state index contributed by atoms with van der Waals surface area (Å²) in [4.78, 5) is 13.8. The monoisotopic (exact) mass is 252 g/mol. The summed E-state index contributed by atoms with van der Waals surface area (Å²) in [5.41, 5.74) is 6.51. The van der Waals surface area contributed by atoms with Gasteiger partial charge in [0.1, 0.15) is 11.3 Å². The van der Waals surface area contributed by atoms with Crippen molar-refractivity contribution in [2.45, 2.75) is 25.9 Å². The average Bonchev–Trinajstić information content (AvgIpc) is 2.74. The van der Waals surface area contributed by atoms with Crippen LogP contribution >= 0.6 is 0 Å². The van der Waals surface area contributed by atoms with Crippen molar-refractivity contribution >= 4 is 5.97 Å². The lowest BCUT2D eigenvalue weighted by Crippen LogP contribution is -2.45. The number of esters is 1. The zero-order valence-corrected chi connectivity index (χ0v) is 10.9. The predicted octanol–water partition coefficient (Wildman–Crippen LogP) is 1.24. The first-order valence-electron chi connectivity index (χ1n) is 6.22. The second kappa shape index (κ2) is 5.54. The van der Waals surface area contributed by atoms with Crippen LogP contribution in [0.3, 0.4) is 0 Å². The van der Waals surface area contributed by atoms with Crippen molar-refractivity contribution in [3.8, 4) is 0 Å². The van der Waals surface area contributed by atoms with Crippen molar-refractivity contribution in [1.82, 2.24) is 4.90 Å². The van der Waals surface area contributed by atoms with Crippen molar-refractivity contribution in [3.63, 3.8) is 0 Å². The molecule has 0 amide bonds. The maximum absolute atomic E-state index is 11.5. The topological polar surface area (TPSA) is 68.7 Å². The summed E-state index contributed by atoms with van der Waals surface area (Å²) in [7, 11) is 1.37. The molecule has 0 saturated carbocycles. The van der Waals surface area contributed by atoms with Crippen LogP contribution in [0.15, 0.2) is 16.7 Å². The van der Waals surface area contributed by atoms with E-state index >= 15 is 0 Å². The molecule has 5 heteroatoms. The van der Waals surface area contributed by atoms with Crippen LogP contribution in [-0.2, 0) is 11.3 Å². The lowest BCUT2D eigenvalue weighted by molar-refractivity contribution is 0.0595. The fourth-order valence-corrected chi connectivity index (χ4v) is 2.60. The van der Waals surface area contributed by atoms with Gasteiger partial charge in [-0.15, -0.1) is 0 Å². The zero-order valence-electron chi connectivity index (χ0n) is 10.9. The Kier molecular flexibility index (Phi) is 4.04. The fraction of sp³-hybridized carbons (Fsp3) is 0.615. The number of hydrogen-bond donors (Lipinski definition) is 1. The molecule has 100 valence electrons. The van der Waals surface area contributed by atoms with E-state index in [1.165, 1.54) is 13.4 Å². The molecule has 1 fully saturated rings. The summed E-state index contributed by atoms with van der Waals surface area (Å²) in [6.45, 7) is 4.62. The van der Waals surface area contributed by atoms with Crippen LogP contribution in [0.4, 0.5) is 0 Å². The van der Waals surface area contributed by atoms with E-state index in [1.807, 2.05) is 0 Å². The number of furan rings is 1. The highest BCUT2D eigenvalue weighted by Gasteiger charge is 2.24. The van der Waals surface area contributed by atoms with Gasteiger partial charge < -0.3 is 14.9 Å². The van der Waals surface area contributed by atoms with Gasteiger partial charge in [-0.3, -0.25) is 4.90 Å². The van der Waals surface area contributed by atoms with Crippen molar-refractivity contribution in [1.29, 1.82) is 0 Å². The highest BCUT2D eigenvalue weighted by Crippen LogP contribution is 2.20. The molecular weight excluding hydrogens is 232 g/mol. The Balaban J connectivity index is 2.05. The molecular formula is C13H20N2O3. The van der Waals surface area contributed by atoms with E-state index in [4.69, 9.17) is 14.9 Å². The summed E-state index contributed by atoms with van der Waals surface area (Å²) in [5.74, 6) is 0.876. The lowest BCUT2D eigenvalue weighted by Gasteiger charge is -2.34. The van der Waals surface area contributed by atoms with Crippen molar-refractivity contribution < 1.29 is 13.9 Å². The highest BCUT2D eigenvalue weighted by molar-refractivity contribution is 5.90. The number of carbonyl (C=O) groups is 1. The van der Waals surface area contributed by atoms with Gasteiger partial charge in [-0.25, -0.2) is 4.79 Å². The number of nitrogens with two attached hydrogens (primary N) is 1. The molecule has 0 bridgehead atoms. The number of likely N-dealkylation sites (tertiary alicyclic amines) is 1. The quantitative estimate of drug-likeness (QED) is 0.820. The number of hydrogen-bond acceptors (Lipinski definition) is 5. The van der Waals surface area contributed by atoms with Gasteiger partial charge in [0, 0.05) is 19.1 Å². The molecule has 18 heavy (non-hydrogen) atoms. The van der Waals surface area contributed by atoms with Crippen molar-refractivity contribution in [3.05, 3.63) is 23.7 Å². The number of piperidine rings is 1. The van der Waals surface area contributed by atoms with Gasteiger partial charge in [0.15, 0.2) is 0 Å². The van der Waals surface area contributed by atoms with Gasteiger partial charge in [0.25, 0.3) is 0 Å². The van der Waals surface area contributed by atoms with Gasteiger partial charge in [-0.1, -0.05) is 6.92 Å². The summed E-state index contributed by atoms with van der Waals surface area (Å²) in [6.07, 6.45) is 2.58. The molecule has 2 atom stereocenters. The molecule has 0 aromatic carbocycles. The minimum atomic E-state index is -0.354. The third-order valence-corrected chi connectivity index (χ3v) is 3.29.